The number of amides is 1. The summed E-state index contributed by atoms with van der Waals surface area (Å²) in [5.74, 6) is 0.229. The van der Waals surface area contributed by atoms with E-state index >= 15 is 0 Å². The van der Waals surface area contributed by atoms with Crippen molar-refractivity contribution in [3.05, 3.63) is 88.9 Å². The first-order valence-electron chi connectivity index (χ1n) is 8.75. The van der Waals surface area contributed by atoms with Crippen molar-refractivity contribution in [2.24, 2.45) is 0 Å². The zero-order chi connectivity index (χ0) is 20.2. The van der Waals surface area contributed by atoms with E-state index in [4.69, 9.17) is 0 Å². The van der Waals surface area contributed by atoms with E-state index in [1.165, 1.54) is 41.1 Å². The second-order valence-corrected chi connectivity index (χ2v) is 7.19. The van der Waals surface area contributed by atoms with E-state index in [9.17, 15) is 14.0 Å². The smallest absolute Gasteiger partial charge is 0.272 e. The average molecular weight is 409 g/mol. The molecule has 0 atom stereocenters. The van der Waals surface area contributed by atoms with Crippen LogP contribution >= 0.6 is 11.8 Å². The number of halogens is 1. The normalized spacial score (nSPS) is 10.9. The average Bonchev–Trinajstić information content (AvgIpc) is 3.16. The molecule has 0 unspecified atom stereocenters. The molecule has 0 spiro atoms. The molecule has 0 saturated heterocycles. The van der Waals surface area contributed by atoms with Crippen LogP contribution in [-0.2, 0) is 10.5 Å². The molecule has 2 aromatic heterocycles. The molecule has 0 saturated carbocycles. The van der Waals surface area contributed by atoms with Gasteiger partial charge in [0.25, 0.3) is 5.56 Å². The summed E-state index contributed by atoms with van der Waals surface area (Å²) in [5.41, 5.74) is 4.13. The molecule has 146 valence electrons. The van der Waals surface area contributed by atoms with Crippen molar-refractivity contribution in [1.82, 2.24) is 19.4 Å². The van der Waals surface area contributed by atoms with Gasteiger partial charge in [-0.1, -0.05) is 30.3 Å². The van der Waals surface area contributed by atoms with E-state index in [2.05, 4.69) is 15.5 Å². The highest BCUT2D eigenvalue weighted by atomic mass is 32.2. The van der Waals surface area contributed by atoms with Gasteiger partial charge in [0.15, 0.2) is 5.65 Å². The van der Waals surface area contributed by atoms with Crippen molar-refractivity contribution in [1.29, 1.82) is 0 Å². The second kappa shape index (κ2) is 8.27. The van der Waals surface area contributed by atoms with Crippen LogP contribution in [0.25, 0.3) is 16.7 Å². The highest BCUT2D eigenvalue weighted by molar-refractivity contribution is 7.99. The van der Waals surface area contributed by atoms with Gasteiger partial charge in [0.05, 0.1) is 17.6 Å². The zero-order valence-corrected chi connectivity index (χ0v) is 16.0. The molecule has 0 aliphatic rings. The summed E-state index contributed by atoms with van der Waals surface area (Å²) in [7, 11) is 0. The minimum atomic E-state index is -0.440. The number of carbonyl (C=O) groups is 1. The van der Waals surface area contributed by atoms with Crippen molar-refractivity contribution in [2.75, 3.05) is 11.2 Å². The number of hydrogen-bond acceptors (Lipinski definition) is 5. The minimum absolute atomic E-state index is 0.203. The molecule has 2 aromatic carbocycles. The number of carbonyl (C=O) groups excluding carboxylic acids is 1. The molecular weight excluding hydrogens is 393 g/mol. The lowest BCUT2D eigenvalue weighted by Gasteiger charge is -2.08. The Labute approximate surface area is 169 Å². The molecule has 0 aliphatic carbocycles. The second-order valence-electron chi connectivity index (χ2n) is 6.20. The van der Waals surface area contributed by atoms with Crippen molar-refractivity contribution >= 4 is 28.7 Å². The van der Waals surface area contributed by atoms with Crippen LogP contribution in [0.2, 0.25) is 0 Å². The monoisotopic (exact) mass is 409 g/mol. The van der Waals surface area contributed by atoms with Gasteiger partial charge >= 0.3 is 0 Å². The fourth-order valence-electron chi connectivity index (χ4n) is 2.77. The quantitative estimate of drug-likeness (QED) is 0.530. The summed E-state index contributed by atoms with van der Waals surface area (Å²) >= 11 is 1.45. The number of aromatic nitrogens is 4. The summed E-state index contributed by atoms with van der Waals surface area (Å²) < 4.78 is 15.6. The Morgan fingerprint density at radius 3 is 2.62 bits per heavy atom. The number of nitrogens with zero attached hydrogens (tertiary/aromatic N) is 4. The summed E-state index contributed by atoms with van der Waals surface area (Å²) in [6, 6.07) is 15.5. The van der Waals surface area contributed by atoms with Gasteiger partial charge in [-0.3, -0.25) is 15.0 Å². The third kappa shape index (κ3) is 4.19. The van der Waals surface area contributed by atoms with E-state index in [1.807, 2.05) is 30.3 Å². The Morgan fingerprint density at radius 1 is 1.10 bits per heavy atom. The van der Waals surface area contributed by atoms with Gasteiger partial charge in [0.2, 0.25) is 5.91 Å². The molecule has 0 radical (unpaired) electrons. The largest absolute Gasteiger partial charge is 0.283 e. The number of rotatable bonds is 6. The van der Waals surface area contributed by atoms with Gasteiger partial charge in [-0.25, -0.2) is 18.7 Å². The van der Waals surface area contributed by atoms with E-state index in [0.717, 1.165) is 10.2 Å². The Morgan fingerprint density at radius 2 is 1.86 bits per heavy atom. The van der Waals surface area contributed by atoms with E-state index in [-0.39, 0.29) is 22.9 Å². The summed E-state index contributed by atoms with van der Waals surface area (Å²) in [6.45, 7) is 0. The van der Waals surface area contributed by atoms with Crippen LogP contribution < -0.4 is 11.0 Å². The predicted octanol–water partition coefficient (Wildman–Crippen LogP) is 2.72. The van der Waals surface area contributed by atoms with Crippen molar-refractivity contribution in [3.8, 4) is 5.69 Å². The van der Waals surface area contributed by atoms with Gasteiger partial charge in [-0.05, 0) is 29.8 Å². The van der Waals surface area contributed by atoms with Gasteiger partial charge in [-0.15, -0.1) is 11.8 Å². The van der Waals surface area contributed by atoms with Crippen molar-refractivity contribution in [3.63, 3.8) is 0 Å². The Kier molecular flexibility index (Phi) is 5.39. The van der Waals surface area contributed by atoms with E-state index < -0.39 is 5.56 Å². The highest BCUT2D eigenvalue weighted by Crippen LogP contribution is 2.14. The zero-order valence-electron chi connectivity index (χ0n) is 15.2. The molecule has 0 bridgehead atoms. The number of benzene rings is 2. The number of thioether (sulfide) groups is 1. The predicted molar refractivity (Wildman–Crippen MR) is 110 cm³/mol. The standard InChI is InChI=1S/C20H16FN5O2S/c21-15-6-8-16(9-7-15)26-19-17(10-23-26)20(28)25(13-22-19)24-18(27)12-29-11-14-4-2-1-3-5-14/h1-10,13H,11-12H2,(H,24,27). The number of fused-ring (bicyclic) bond motifs is 1. The molecular formula is C20H16FN5O2S. The van der Waals surface area contributed by atoms with E-state index in [0.29, 0.717) is 17.1 Å². The van der Waals surface area contributed by atoms with Crippen LogP contribution in [0.4, 0.5) is 4.39 Å². The Balaban J connectivity index is 1.47. The SMILES string of the molecule is O=C(CSCc1ccccc1)Nn1cnc2c(cnn2-c2ccc(F)cc2)c1=O. The van der Waals surface area contributed by atoms with Gasteiger partial charge in [0, 0.05) is 5.75 Å². The third-order valence-corrected chi connectivity index (χ3v) is 5.15. The maximum atomic E-state index is 13.1. The summed E-state index contributed by atoms with van der Waals surface area (Å²) in [4.78, 5) is 29.0. The van der Waals surface area contributed by atoms with Crippen LogP contribution in [-0.4, -0.2) is 31.1 Å². The number of nitrogens with one attached hydrogen (secondary N) is 1. The van der Waals surface area contributed by atoms with Crippen LogP contribution in [0, 0.1) is 5.82 Å². The van der Waals surface area contributed by atoms with Crippen molar-refractivity contribution < 1.29 is 9.18 Å². The number of hydrogen-bond donors (Lipinski definition) is 1. The fourth-order valence-corrected chi connectivity index (χ4v) is 3.55. The highest BCUT2D eigenvalue weighted by Gasteiger charge is 2.13. The topological polar surface area (TPSA) is 81.8 Å². The summed E-state index contributed by atoms with van der Waals surface area (Å²) in [6.07, 6.45) is 2.62. The molecule has 9 heteroatoms. The Hall–Kier alpha value is -3.46. The molecule has 0 aliphatic heterocycles. The van der Waals surface area contributed by atoms with Gasteiger partial charge < -0.3 is 0 Å². The van der Waals surface area contributed by atoms with Crippen LogP contribution in [0.5, 0.6) is 0 Å². The maximum Gasteiger partial charge on any atom is 0.283 e. The summed E-state index contributed by atoms with van der Waals surface area (Å²) in [5, 5.41) is 4.41. The fraction of sp³-hybridized carbons (Fsp3) is 0.100. The lowest BCUT2D eigenvalue weighted by molar-refractivity contribution is -0.114. The van der Waals surface area contributed by atoms with Crippen molar-refractivity contribution in [2.45, 2.75) is 5.75 Å². The van der Waals surface area contributed by atoms with E-state index in [1.54, 1.807) is 12.1 Å². The molecule has 4 aromatic rings. The first-order valence-corrected chi connectivity index (χ1v) is 9.90. The third-order valence-electron chi connectivity index (χ3n) is 4.15. The van der Waals surface area contributed by atoms with Crippen LogP contribution in [0.15, 0.2) is 71.9 Å². The van der Waals surface area contributed by atoms with Gasteiger partial charge in [-0.2, -0.15) is 5.10 Å². The molecule has 2 heterocycles. The molecule has 4 rings (SSSR count). The van der Waals surface area contributed by atoms with Crippen LogP contribution in [0.1, 0.15) is 5.56 Å². The molecule has 1 N–H and O–H groups in total. The maximum absolute atomic E-state index is 13.1. The molecule has 7 nitrogen and oxygen atoms in total. The minimum Gasteiger partial charge on any atom is -0.272 e. The Bertz CT molecular complexity index is 1210. The lowest BCUT2D eigenvalue weighted by Crippen LogP contribution is -2.34. The molecule has 0 fully saturated rings. The van der Waals surface area contributed by atoms with Crippen LogP contribution in [0.3, 0.4) is 0 Å². The van der Waals surface area contributed by atoms with Gasteiger partial charge in [0.1, 0.15) is 17.5 Å². The molecule has 29 heavy (non-hydrogen) atoms. The molecule has 1 amide bonds. The first-order chi connectivity index (χ1) is 14.1. The first kappa shape index (κ1) is 18.9. The lowest BCUT2D eigenvalue weighted by atomic mass is 10.2.